The predicted molar refractivity (Wildman–Crippen MR) is 67.3 cm³/mol. The van der Waals surface area contributed by atoms with E-state index in [1.165, 1.54) is 11.3 Å². The van der Waals surface area contributed by atoms with E-state index in [-0.39, 0.29) is 5.54 Å². The second-order valence-corrected chi connectivity index (χ2v) is 4.79. The van der Waals surface area contributed by atoms with Crippen LogP contribution < -0.4 is 10.6 Å². The maximum Gasteiger partial charge on any atom is 0.0396 e. The Bertz CT molecular complexity index is 313. The maximum absolute atomic E-state index is 6.06. The van der Waals surface area contributed by atoms with Crippen LogP contribution in [0, 0.1) is 6.92 Å². The van der Waals surface area contributed by atoms with Crippen LogP contribution in [0.5, 0.6) is 0 Å². The first-order chi connectivity index (χ1) is 6.94. The minimum absolute atomic E-state index is 0.154. The maximum atomic E-state index is 6.06. The van der Waals surface area contributed by atoms with Crippen molar-refractivity contribution in [1.29, 1.82) is 0 Å². The van der Waals surface area contributed by atoms with Crippen LogP contribution >= 0.6 is 0 Å². The average molecular weight is 206 g/mol. The van der Waals surface area contributed by atoms with Gasteiger partial charge in [0.1, 0.15) is 0 Å². The Morgan fingerprint density at radius 3 is 2.33 bits per heavy atom. The summed E-state index contributed by atoms with van der Waals surface area (Å²) in [6.07, 6.45) is 0. The standard InChI is InChI=1S/C13H22N2/c1-5-15(10-13(3,4)14)12-9-7-6-8-11(12)2/h6-9H,5,10,14H2,1-4H3. The molecular weight excluding hydrogens is 184 g/mol. The van der Waals surface area contributed by atoms with Gasteiger partial charge >= 0.3 is 0 Å². The number of hydrogen-bond acceptors (Lipinski definition) is 2. The minimum Gasteiger partial charge on any atom is -0.370 e. The number of aryl methyl sites for hydroxylation is 1. The van der Waals surface area contributed by atoms with Gasteiger partial charge < -0.3 is 10.6 Å². The summed E-state index contributed by atoms with van der Waals surface area (Å²) >= 11 is 0. The second-order valence-electron chi connectivity index (χ2n) is 4.79. The third-order valence-electron chi connectivity index (χ3n) is 2.44. The predicted octanol–water partition coefficient (Wildman–Crippen LogP) is 2.56. The molecule has 0 atom stereocenters. The summed E-state index contributed by atoms with van der Waals surface area (Å²) in [5.74, 6) is 0. The number of anilines is 1. The van der Waals surface area contributed by atoms with Gasteiger partial charge in [0, 0.05) is 24.3 Å². The molecule has 0 aliphatic heterocycles. The molecule has 2 heteroatoms. The van der Waals surface area contributed by atoms with Gasteiger partial charge in [-0.25, -0.2) is 0 Å². The summed E-state index contributed by atoms with van der Waals surface area (Å²) in [5.41, 5.74) is 8.50. The Labute approximate surface area is 93.1 Å². The monoisotopic (exact) mass is 206 g/mol. The van der Waals surface area contributed by atoms with Crippen molar-refractivity contribution >= 4 is 5.69 Å². The summed E-state index contributed by atoms with van der Waals surface area (Å²) in [7, 11) is 0. The molecule has 0 bridgehead atoms. The van der Waals surface area contributed by atoms with Gasteiger partial charge in [-0.1, -0.05) is 18.2 Å². The smallest absolute Gasteiger partial charge is 0.0396 e. The van der Waals surface area contributed by atoms with E-state index in [4.69, 9.17) is 5.73 Å². The summed E-state index contributed by atoms with van der Waals surface area (Å²) in [6.45, 7) is 10.3. The second kappa shape index (κ2) is 4.67. The molecule has 0 fully saturated rings. The van der Waals surface area contributed by atoms with E-state index in [0.29, 0.717) is 0 Å². The van der Waals surface area contributed by atoms with E-state index in [1.807, 2.05) is 0 Å². The van der Waals surface area contributed by atoms with Crippen LogP contribution in [0.1, 0.15) is 26.3 Å². The number of benzene rings is 1. The zero-order valence-corrected chi connectivity index (χ0v) is 10.2. The van der Waals surface area contributed by atoms with Crippen molar-refractivity contribution in [2.75, 3.05) is 18.0 Å². The van der Waals surface area contributed by atoms with Crippen molar-refractivity contribution in [1.82, 2.24) is 0 Å². The van der Waals surface area contributed by atoms with Gasteiger partial charge in [-0.3, -0.25) is 0 Å². The van der Waals surface area contributed by atoms with Gasteiger partial charge in [0.2, 0.25) is 0 Å². The van der Waals surface area contributed by atoms with E-state index < -0.39 is 0 Å². The molecule has 0 radical (unpaired) electrons. The highest BCUT2D eigenvalue weighted by Gasteiger charge is 2.16. The molecule has 0 spiro atoms. The summed E-state index contributed by atoms with van der Waals surface area (Å²) in [4.78, 5) is 2.33. The summed E-state index contributed by atoms with van der Waals surface area (Å²) < 4.78 is 0. The number of rotatable bonds is 4. The lowest BCUT2D eigenvalue weighted by Gasteiger charge is -2.31. The van der Waals surface area contributed by atoms with Gasteiger partial charge in [0.15, 0.2) is 0 Å². The van der Waals surface area contributed by atoms with Gasteiger partial charge in [0.05, 0.1) is 0 Å². The molecule has 0 aliphatic rings. The van der Waals surface area contributed by atoms with Crippen LogP contribution in [0.15, 0.2) is 24.3 Å². The van der Waals surface area contributed by atoms with Crippen molar-refractivity contribution in [2.24, 2.45) is 5.73 Å². The van der Waals surface area contributed by atoms with Gasteiger partial charge in [-0.05, 0) is 39.3 Å². The molecule has 0 aromatic heterocycles. The lowest BCUT2D eigenvalue weighted by atomic mass is 10.1. The van der Waals surface area contributed by atoms with E-state index in [0.717, 1.165) is 13.1 Å². The molecule has 1 aromatic carbocycles. The first-order valence-electron chi connectivity index (χ1n) is 5.53. The fourth-order valence-electron chi connectivity index (χ4n) is 1.78. The van der Waals surface area contributed by atoms with Gasteiger partial charge in [-0.15, -0.1) is 0 Å². The highest BCUT2D eigenvalue weighted by molar-refractivity contribution is 5.53. The Balaban J connectivity index is 2.88. The molecule has 84 valence electrons. The number of likely N-dealkylation sites (N-methyl/N-ethyl adjacent to an activating group) is 1. The first kappa shape index (κ1) is 12.1. The van der Waals surface area contributed by atoms with Crippen molar-refractivity contribution in [3.8, 4) is 0 Å². The molecule has 2 N–H and O–H groups in total. The topological polar surface area (TPSA) is 29.3 Å². The van der Waals surface area contributed by atoms with Crippen molar-refractivity contribution in [2.45, 2.75) is 33.2 Å². The molecule has 0 saturated heterocycles. The zero-order chi connectivity index (χ0) is 11.5. The van der Waals surface area contributed by atoms with E-state index in [9.17, 15) is 0 Å². The molecule has 1 aromatic rings. The van der Waals surface area contributed by atoms with Gasteiger partial charge in [0.25, 0.3) is 0 Å². The lowest BCUT2D eigenvalue weighted by molar-refractivity contribution is 0.509. The number of para-hydroxylation sites is 1. The summed E-state index contributed by atoms with van der Waals surface area (Å²) in [5, 5.41) is 0. The third-order valence-corrected chi connectivity index (χ3v) is 2.44. The molecule has 0 unspecified atom stereocenters. The largest absolute Gasteiger partial charge is 0.370 e. The van der Waals surface area contributed by atoms with Gasteiger partial charge in [-0.2, -0.15) is 0 Å². The molecule has 2 nitrogen and oxygen atoms in total. The van der Waals surface area contributed by atoms with E-state index in [1.54, 1.807) is 0 Å². The van der Waals surface area contributed by atoms with Crippen molar-refractivity contribution < 1.29 is 0 Å². The molecule has 0 saturated carbocycles. The van der Waals surface area contributed by atoms with Crippen molar-refractivity contribution in [3.05, 3.63) is 29.8 Å². The molecule has 1 rings (SSSR count). The normalized spacial score (nSPS) is 11.5. The zero-order valence-electron chi connectivity index (χ0n) is 10.2. The van der Waals surface area contributed by atoms with Crippen molar-refractivity contribution in [3.63, 3.8) is 0 Å². The van der Waals surface area contributed by atoms with Crippen LogP contribution in [-0.4, -0.2) is 18.6 Å². The number of nitrogens with two attached hydrogens (primary N) is 1. The highest BCUT2D eigenvalue weighted by Crippen LogP contribution is 2.20. The molecular formula is C13H22N2. The van der Waals surface area contributed by atoms with E-state index >= 15 is 0 Å². The Morgan fingerprint density at radius 2 is 1.87 bits per heavy atom. The molecule has 0 aliphatic carbocycles. The lowest BCUT2D eigenvalue weighted by Crippen LogP contribution is -2.45. The van der Waals surface area contributed by atoms with Crippen LogP contribution in [-0.2, 0) is 0 Å². The SMILES string of the molecule is CCN(CC(C)(C)N)c1ccccc1C. The highest BCUT2D eigenvalue weighted by atomic mass is 15.1. The fraction of sp³-hybridized carbons (Fsp3) is 0.538. The number of hydrogen-bond donors (Lipinski definition) is 1. The fourth-order valence-corrected chi connectivity index (χ4v) is 1.78. The molecule has 0 amide bonds. The first-order valence-corrected chi connectivity index (χ1v) is 5.53. The Kier molecular flexibility index (Phi) is 3.75. The van der Waals surface area contributed by atoms with Crippen LogP contribution in [0.2, 0.25) is 0 Å². The Morgan fingerprint density at radius 1 is 1.27 bits per heavy atom. The minimum atomic E-state index is -0.154. The van der Waals surface area contributed by atoms with Crippen LogP contribution in [0.25, 0.3) is 0 Å². The average Bonchev–Trinajstić information content (AvgIpc) is 2.14. The Hall–Kier alpha value is -1.02. The van der Waals surface area contributed by atoms with Crippen LogP contribution in [0.4, 0.5) is 5.69 Å². The molecule has 15 heavy (non-hydrogen) atoms. The third kappa shape index (κ3) is 3.56. The quantitative estimate of drug-likeness (QED) is 0.820. The van der Waals surface area contributed by atoms with E-state index in [2.05, 4.69) is 56.9 Å². The summed E-state index contributed by atoms with van der Waals surface area (Å²) in [6, 6.07) is 8.45. The number of nitrogens with zero attached hydrogens (tertiary/aromatic N) is 1. The molecule has 0 heterocycles. The van der Waals surface area contributed by atoms with Crippen LogP contribution in [0.3, 0.4) is 0 Å².